The summed E-state index contributed by atoms with van der Waals surface area (Å²) >= 11 is 0.983. The van der Waals surface area contributed by atoms with E-state index in [1.165, 1.54) is 37.2 Å². The Bertz CT molecular complexity index is 753. The second kappa shape index (κ2) is 11.5. The molecular weight excluding hydrogens is 344 g/mol. The average Bonchev–Trinajstić information content (AvgIpc) is 2.66. The fourth-order valence-electron chi connectivity index (χ4n) is 2.67. The molecule has 138 valence electrons. The van der Waals surface area contributed by atoms with Crippen molar-refractivity contribution in [2.45, 2.75) is 45.4 Å². The molecule has 0 radical (unpaired) electrons. The van der Waals surface area contributed by atoms with Gasteiger partial charge in [0.25, 0.3) is 0 Å². The number of nitrogens with one attached hydrogen (secondary N) is 1. The molecule has 1 N–H and O–H groups in total. The number of carbonyl (C=O) groups excluding carboxylic acids is 2. The highest BCUT2D eigenvalue weighted by molar-refractivity contribution is 8.16. The third kappa shape index (κ3) is 6.64. The molecule has 1 amide bonds. The van der Waals surface area contributed by atoms with Crippen LogP contribution in [0.1, 0.15) is 55.9 Å². The zero-order valence-electron chi connectivity index (χ0n) is 15.2. The van der Waals surface area contributed by atoms with Crippen LogP contribution in [-0.4, -0.2) is 22.6 Å². The molecule has 0 saturated carbocycles. The average molecular weight is 371 g/mol. The van der Waals surface area contributed by atoms with Crippen LogP contribution in [0.2, 0.25) is 0 Å². The largest absolute Gasteiger partial charge is 0.353 e. The second-order valence-electron chi connectivity index (χ2n) is 6.15. The number of pyridine rings is 1. The molecule has 26 heavy (non-hydrogen) atoms. The first-order valence-corrected chi connectivity index (χ1v) is 10.1. The van der Waals surface area contributed by atoms with Crippen LogP contribution < -0.4 is 5.32 Å². The lowest BCUT2D eigenvalue weighted by Crippen LogP contribution is -2.21. The predicted molar refractivity (Wildman–Crippen MR) is 109 cm³/mol. The molecule has 0 atom stereocenters. The molecule has 0 fully saturated rings. The fourth-order valence-corrected chi connectivity index (χ4v) is 3.26. The van der Waals surface area contributed by atoms with Gasteiger partial charge in [-0.25, -0.2) is 0 Å². The Morgan fingerprint density at radius 2 is 1.85 bits per heavy atom. The number of aromatic nitrogens is 1. The molecule has 0 unspecified atom stereocenters. The maximum atomic E-state index is 12.3. The number of fused-ring (bicyclic) bond motifs is 1. The maximum absolute atomic E-state index is 12.3. The van der Waals surface area contributed by atoms with Crippen molar-refractivity contribution in [3.05, 3.63) is 53.7 Å². The van der Waals surface area contributed by atoms with Crippen LogP contribution in [0.5, 0.6) is 0 Å². The number of unbranched alkanes of at least 4 members (excludes halogenated alkanes) is 5. The molecule has 2 aromatic rings. The number of carbonyl (C=O) groups is 2. The first kappa shape index (κ1) is 20.2. The van der Waals surface area contributed by atoms with E-state index < -0.39 is 0 Å². The molecule has 0 aliphatic rings. The number of hydrogen-bond acceptors (Lipinski definition) is 4. The molecule has 1 heterocycles. The minimum Gasteiger partial charge on any atom is -0.353 e. The highest BCUT2D eigenvalue weighted by atomic mass is 32.2. The summed E-state index contributed by atoms with van der Waals surface area (Å²) in [6.07, 6.45) is 10.2. The summed E-state index contributed by atoms with van der Waals surface area (Å²) in [5.74, 6) is -0.162. The molecule has 0 bridgehead atoms. The van der Waals surface area contributed by atoms with Gasteiger partial charge in [0.15, 0.2) is 0 Å². The lowest BCUT2D eigenvalue weighted by Gasteiger charge is -2.03. The van der Waals surface area contributed by atoms with Gasteiger partial charge in [-0.2, -0.15) is 0 Å². The first-order valence-electron chi connectivity index (χ1n) is 9.21. The van der Waals surface area contributed by atoms with Crippen LogP contribution in [0, 0.1) is 0 Å². The van der Waals surface area contributed by atoms with E-state index in [0.29, 0.717) is 12.2 Å². The highest BCUT2D eigenvalue weighted by Crippen LogP contribution is 2.21. The monoisotopic (exact) mass is 370 g/mol. The Kier molecular flexibility index (Phi) is 8.90. The van der Waals surface area contributed by atoms with Gasteiger partial charge in [-0.1, -0.05) is 75.1 Å². The van der Waals surface area contributed by atoms with E-state index in [1.807, 2.05) is 30.3 Å². The Labute approximate surface area is 159 Å². The Balaban J connectivity index is 1.73. The van der Waals surface area contributed by atoms with Crippen molar-refractivity contribution in [3.8, 4) is 0 Å². The molecule has 0 aliphatic heterocycles. The summed E-state index contributed by atoms with van der Waals surface area (Å²) < 4.78 is 0. The van der Waals surface area contributed by atoms with Crippen molar-refractivity contribution in [3.63, 3.8) is 0 Å². The zero-order chi connectivity index (χ0) is 18.6. The van der Waals surface area contributed by atoms with Gasteiger partial charge in [0.05, 0.1) is 0 Å². The van der Waals surface area contributed by atoms with E-state index in [9.17, 15) is 9.59 Å². The fraction of sp³-hybridized carbons (Fsp3) is 0.381. The van der Waals surface area contributed by atoms with Crippen LogP contribution in [0.3, 0.4) is 0 Å². The number of amides is 1. The van der Waals surface area contributed by atoms with Gasteiger partial charge in [0.1, 0.15) is 5.69 Å². The van der Waals surface area contributed by atoms with Crippen molar-refractivity contribution in [2.24, 2.45) is 0 Å². The van der Waals surface area contributed by atoms with Crippen molar-refractivity contribution >= 4 is 33.6 Å². The van der Waals surface area contributed by atoms with Crippen LogP contribution >= 0.6 is 11.8 Å². The van der Waals surface area contributed by atoms with Gasteiger partial charge >= 0.3 is 0 Å². The summed E-state index contributed by atoms with van der Waals surface area (Å²) in [5.41, 5.74) is 0.422. The molecule has 1 aromatic heterocycles. The van der Waals surface area contributed by atoms with E-state index in [1.54, 1.807) is 6.20 Å². The van der Waals surface area contributed by atoms with Crippen molar-refractivity contribution in [1.82, 2.24) is 10.3 Å². The van der Waals surface area contributed by atoms with E-state index in [4.69, 9.17) is 0 Å². The van der Waals surface area contributed by atoms with E-state index >= 15 is 0 Å². The minimum atomic E-state index is -0.165. The number of nitrogens with zero attached hydrogens (tertiary/aromatic N) is 1. The normalized spacial score (nSPS) is 11.1. The molecule has 5 heteroatoms. The summed E-state index contributed by atoms with van der Waals surface area (Å²) in [6, 6.07) is 9.52. The van der Waals surface area contributed by atoms with Crippen molar-refractivity contribution in [2.75, 3.05) is 6.54 Å². The lowest BCUT2D eigenvalue weighted by molar-refractivity contribution is -0.116. The quantitative estimate of drug-likeness (QED) is 0.467. The molecule has 0 aliphatic carbocycles. The third-order valence-electron chi connectivity index (χ3n) is 4.09. The summed E-state index contributed by atoms with van der Waals surface area (Å²) in [6.45, 7) is 2.88. The Morgan fingerprint density at radius 3 is 2.69 bits per heavy atom. The van der Waals surface area contributed by atoms with Crippen LogP contribution in [0.4, 0.5) is 0 Å². The molecule has 2 rings (SSSR count). The van der Waals surface area contributed by atoms with Gasteiger partial charge in [-0.05, 0) is 23.3 Å². The maximum Gasteiger partial charge on any atom is 0.244 e. The smallest absolute Gasteiger partial charge is 0.244 e. The SMILES string of the molecule is CCCCCCCCNC(=O)C=CSC(=O)c1nccc2ccccc12. The van der Waals surface area contributed by atoms with Crippen molar-refractivity contribution < 1.29 is 9.59 Å². The summed E-state index contributed by atoms with van der Waals surface area (Å²) in [7, 11) is 0. The predicted octanol–water partition coefficient (Wildman–Crippen LogP) is 5.10. The Morgan fingerprint density at radius 1 is 1.08 bits per heavy atom. The van der Waals surface area contributed by atoms with E-state index in [2.05, 4.69) is 17.2 Å². The lowest BCUT2D eigenvalue weighted by atomic mass is 10.1. The summed E-state index contributed by atoms with van der Waals surface area (Å²) in [4.78, 5) is 28.3. The molecule has 0 spiro atoms. The van der Waals surface area contributed by atoms with Gasteiger partial charge < -0.3 is 5.32 Å². The topological polar surface area (TPSA) is 59.1 Å². The number of rotatable bonds is 10. The second-order valence-corrected chi connectivity index (χ2v) is 7.03. The van der Waals surface area contributed by atoms with E-state index in [0.717, 1.165) is 35.4 Å². The summed E-state index contributed by atoms with van der Waals surface area (Å²) in [5, 5.41) is 6.02. The van der Waals surface area contributed by atoms with Crippen LogP contribution in [-0.2, 0) is 4.79 Å². The number of hydrogen-bond donors (Lipinski definition) is 1. The first-order chi connectivity index (χ1) is 12.7. The van der Waals surface area contributed by atoms with Gasteiger partial charge in [0, 0.05) is 24.2 Å². The number of thioether (sulfide) groups is 1. The Hall–Kier alpha value is -2.14. The van der Waals surface area contributed by atoms with E-state index in [-0.39, 0.29) is 11.0 Å². The molecule has 4 nitrogen and oxygen atoms in total. The van der Waals surface area contributed by atoms with Crippen LogP contribution in [0.15, 0.2) is 48.0 Å². The van der Waals surface area contributed by atoms with Gasteiger partial charge in [-0.3, -0.25) is 14.6 Å². The number of benzene rings is 1. The molecular formula is C21H26N2O2S. The van der Waals surface area contributed by atoms with Crippen molar-refractivity contribution in [1.29, 1.82) is 0 Å². The minimum absolute atomic E-state index is 0.162. The van der Waals surface area contributed by atoms with Gasteiger partial charge in [0.2, 0.25) is 11.0 Å². The molecule has 1 aromatic carbocycles. The van der Waals surface area contributed by atoms with Crippen LogP contribution in [0.25, 0.3) is 10.8 Å². The third-order valence-corrected chi connectivity index (χ3v) is 4.77. The molecule has 0 saturated heterocycles. The zero-order valence-corrected chi connectivity index (χ0v) is 16.1. The highest BCUT2D eigenvalue weighted by Gasteiger charge is 2.10. The van der Waals surface area contributed by atoms with Gasteiger partial charge in [-0.15, -0.1) is 0 Å². The standard InChI is InChI=1S/C21H26N2O2S/c1-2-3-4-5-6-9-14-22-19(24)13-16-26-21(25)20-18-11-8-7-10-17(18)12-15-23-20/h7-8,10-13,15-16H,2-6,9,14H2,1H3,(H,22,24).